The Kier molecular flexibility index (Phi) is 6.07. The summed E-state index contributed by atoms with van der Waals surface area (Å²) in [6.07, 6.45) is 0. The second kappa shape index (κ2) is 10.4. The van der Waals surface area contributed by atoms with Crippen molar-refractivity contribution in [3.8, 4) is 55.6 Å². The summed E-state index contributed by atoms with van der Waals surface area (Å²) in [5.74, 6) is 0. The van der Waals surface area contributed by atoms with Crippen molar-refractivity contribution in [1.82, 2.24) is 0 Å². The van der Waals surface area contributed by atoms with E-state index in [1.54, 1.807) is 0 Å². The second-order valence-electron chi connectivity index (χ2n) is 15.4. The van der Waals surface area contributed by atoms with E-state index in [0.717, 1.165) is 0 Å². The highest BCUT2D eigenvalue weighted by atomic mass is 14.4. The van der Waals surface area contributed by atoms with Crippen LogP contribution in [0.5, 0.6) is 0 Å². The number of rotatable bonds is 3. The van der Waals surface area contributed by atoms with E-state index in [4.69, 9.17) is 0 Å². The normalized spacial score (nSPS) is 14.7. The van der Waals surface area contributed by atoms with Crippen LogP contribution >= 0.6 is 0 Å². The summed E-state index contributed by atoms with van der Waals surface area (Å²) in [5.41, 5.74) is 18.6. The lowest BCUT2D eigenvalue weighted by Crippen LogP contribution is -2.17. The van der Waals surface area contributed by atoms with Gasteiger partial charge in [-0.05, 0) is 136 Å². The molecule has 0 amide bonds. The van der Waals surface area contributed by atoms with Crippen molar-refractivity contribution in [2.75, 3.05) is 0 Å². The smallest absolute Gasteiger partial charge is 0.0159 e. The van der Waals surface area contributed by atoms with Crippen molar-refractivity contribution in [2.24, 2.45) is 0 Å². The quantitative estimate of drug-likeness (QED) is 0.181. The Morgan fingerprint density at radius 3 is 1.34 bits per heavy atom. The first-order chi connectivity index (χ1) is 24.3. The van der Waals surface area contributed by atoms with Gasteiger partial charge < -0.3 is 0 Å². The van der Waals surface area contributed by atoms with E-state index in [9.17, 15) is 0 Å². The lowest BCUT2D eigenvalue weighted by molar-refractivity contribution is 0.652. The maximum absolute atomic E-state index is 2.53. The fraction of sp³-hybridized carbons (Fsp3) is 0.120. The minimum atomic E-state index is -0.130. The summed E-state index contributed by atoms with van der Waals surface area (Å²) >= 11 is 0. The molecule has 0 fully saturated rings. The molecule has 0 aromatic heterocycles. The number of benzene rings is 8. The number of fused-ring (bicyclic) bond motifs is 8. The third-order valence-electron chi connectivity index (χ3n) is 11.9. The van der Waals surface area contributed by atoms with Gasteiger partial charge in [-0.3, -0.25) is 0 Å². The first-order valence-corrected chi connectivity index (χ1v) is 17.8. The molecule has 0 unspecified atom stereocenters. The molecule has 0 bridgehead atoms. The highest BCUT2D eigenvalue weighted by Crippen LogP contribution is 2.57. The lowest BCUT2D eigenvalue weighted by Gasteiger charge is -2.24. The summed E-state index contributed by atoms with van der Waals surface area (Å²) in [6.45, 7) is 9.64. The molecular weight excluding hydrogens is 601 g/mol. The van der Waals surface area contributed by atoms with E-state index in [1.165, 1.54) is 99.4 Å². The molecule has 50 heavy (non-hydrogen) atoms. The molecule has 2 aliphatic rings. The molecule has 0 nitrogen and oxygen atoms in total. The molecule has 0 radical (unpaired) electrons. The van der Waals surface area contributed by atoms with E-state index in [-0.39, 0.29) is 10.8 Å². The van der Waals surface area contributed by atoms with Gasteiger partial charge in [0.25, 0.3) is 0 Å². The average Bonchev–Trinajstić information content (AvgIpc) is 3.51. The molecular formula is C50H38. The van der Waals surface area contributed by atoms with E-state index in [2.05, 4.69) is 185 Å². The van der Waals surface area contributed by atoms with Crippen LogP contribution in [0.25, 0.3) is 77.2 Å². The van der Waals surface area contributed by atoms with Crippen LogP contribution in [0.4, 0.5) is 0 Å². The predicted octanol–water partition coefficient (Wildman–Crippen LogP) is 13.6. The van der Waals surface area contributed by atoms with Gasteiger partial charge in [-0.25, -0.2) is 0 Å². The third kappa shape index (κ3) is 4.12. The van der Waals surface area contributed by atoms with Crippen LogP contribution in [-0.4, -0.2) is 0 Å². The van der Waals surface area contributed by atoms with Gasteiger partial charge >= 0.3 is 0 Å². The third-order valence-corrected chi connectivity index (χ3v) is 11.9. The predicted molar refractivity (Wildman–Crippen MR) is 213 cm³/mol. The minimum Gasteiger partial charge on any atom is -0.0622 e. The van der Waals surface area contributed by atoms with Gasteiger partial charge in [0.05, 0.1) is 0 Å². The molecule has 238 valence electrons. The molecule has 0 saturated carbocycles. The van der Waals surface area contributed by atoms with Crippen molar-refractivity contribution in [1.29, 1.82) is 0 Å². The highest BCUT2D eigenvalue weighted by Gasteiger charge is 2.42. The van der Waals surface area contributed by atoms with Crippen LogP contribution in [0.15, 0.2) is 158 Å². The molecule has 8 aromatic rings. The highest BCUT2D eigenvalue weighted by molar-refractivity contribution is 5.99. The first-order valence-electron chi connectivity index (χ1n) is 17.8. The largest absolute Gasteiger partial charge is 0.0622 e. The molecule has 0 spiro atoms. The van der Waals surface area contributed by atoms with Crippen molar-refractivity contribution >= 4 is 21.5 Å². The molecule has 0 N–H and O–H groups in total. The monoisotopic (exact) mass is 638 g/mol. The molecule has 0 heteroatoms. The number of hydrogen-bond donors (Lipinski definition) is 0. The standard InChI is InChI=1S/C50H38/c1-49(2)45-27-35(38-20-12-18-31-15-10-11-19-37(31)38)21-23-39(45)43-29-48-44(30-47(43)49)40-24-22-36(28-46(40)50(48,3)4)42-26-34-17-9-8-16-33(34)25-41(42)32-13-6-5-7-14-32/h5-30H,1-4H3. The van der Waals surface area contributed by atoms with Crippen molar-refractivity contribution in [3.05, 3.63) is 180 Å². The summed E-state index contributed by atoms with van der Waals surface area (Å²) < 4.78 is 0. The summed E-state index contributed by atoms with van der Waals surface area (Å²) in [5, 5.41) is 5.13. The number of hydrogen-bond acceptors (Lipinski definition) is 0. The van der Waals surface area contributed by atoms with Crippen LogP contribution in [0.3, 0.4) is 0 Å². The molecule has 2 aliphatic carbocycles. The summed E-state index contributed by atoms with van der Waals surface area (Å²) in [6, 6.07) is 59.1. The topological polar surface area (TPSA) is 0 Å². The van der Waals surface area contributed by atoms with Gasteiger partial charge in [-0.2, -0.15) is 0 Å². The van der Waals surface area contributed by atoms with Crippen molar-refractivity contribution in [2.45, 2.75) is 38.5 Å². The Balaban J connectivity index is 1.10. The van der Waals surface area contributed by atoms with Gasteiger partial charge in [0.1, 0.15) is 0 Å². The molecule has 10 rings (SSSR count). The van der Waals surface area contributed by atoms with E-state index < -0.39 is 0 Å². The Morgan fingerprint density at radius 2 is 0.740 bits per heavy atom. The zero-order valence-corrected chi connectivity index (χ0v) is 29.0. The molecule has 8 aromatic carbocycles. The average molecular weight is 639 g/mol. The molecule has 0 saturated heterocycles. The van der Waals surface area contributed by atoms with Gasteiger partial charge in [-0.1, -0.05) is 149 Å². The van der Waals surface area contributed by atoms with E-state index >= 15 is 0 Å². The maximum Gasteiger partial charge on any atom is 0.0159 e. The van der Waals surface area contributed by atoms with Crippen LogP contribution in [0.1, 0.15) is 49.9 Å². The van der Waals surface area contributed by atoms with Crippen LogP contribution in [0.2, 0.25) is 0 Å². The zero-order chi connectivity index (χ0) is 33.8. The lowest BCUT2D eigenvalue weighted by atomic mass is 9.78. The molecule has 0 atom stereocenters. The van der Waals surface area contributed by atoms with Gasteiger partial charge in [0.2, 0.25) is 0 Å². The van der Waals surface area contributed by atoms with Crippen LogP contribution in [-0.2, 0) is 10.8 Å². The first kappa shape index (κ1) is 29.2. The SMILES string of the molecule is CC1(C)c2cc(-c3cc4ccccc4cc3-c3ccccc3)ccc2-c2cc3c(cc21)-c1ccc(-c2cccc4ccccc24)cc1C3(C)C. The van der Waals surface area contributed by atoms with Gasteiger partial charge in [0, 0.05) is 10.8 Å². The molecule has 0 aliphatic heterocycles. The van der Waals surface area contributed by atoms with Crippen LogP contribution < -0.4 is 0 Å². The Labute approximate surface area is 294 Å². The van der Waals surface area contributed by atoms with Gasteiger partial charge in [0.15, 0.2) is 0 Å². The fourth-order valence-corrected chi connectivity index (χ4v) is 9.11. The van der Waals surface area contributed by atoms with Crippen molar-refractivity contribution in [3.63, 3.8) is 0 Å². The Hall–Kier alpha value is -5.72. The van der Waals surface area contributed by atoms with E-state index in [1.807, 2.05) is 0 Å². The summed E-state index contributed by atoms with van der Waals surface area (Å²) in [7, 11) is 0. The maximum atomic E-state index is 2.53. The second-order valence-corrected chi connectivity index (χ2v) is 15.4. The Bertz CT molecular complexity index is 2680. The summed E-state index contributed by atoms with van der Waals surface area (Å²) in [4.78, 5) is 0. The fourth-order valence-electron chi connectivity index (χ4n) is 9.11. The minimum absolute atomic E-state index is 0.108. The molecule has 0 heterocycles. The zero-order valence-electron chi connectivity index (χ0n) is 29.0. The Morgan fingerprint density at radius 1 is 0.280 bits per heavy atom. The van der Waals surface area contributed by atoms with Gasteiger partial charge in [-0.15, -0.1) is 0 Å². The van der Waals surface area contributed by atoms with E-state index in [0.29, 0.717) is 0 Å². The van der Waals surface area contributed by atoms with Crippen molar-refractivity contribution < 1.29 is 0 Å². The van der Waals surface area contributed by atoms with Crippen LogP contribution in [0, 0.1) is 0 Å².